The van der Waals surface area contributed by atoms with Gasteiger partial charge in [0.2, 0.25) is 0 Å². The maximum Gasteiger partial charge on any atom is 0.336 e. The Morgan fingerprint density at radius 2 is 1.23 bits per heavy atom. The van der Waals surface area contributed by atoms with Crippen LogP contribution in [0.4, 0.5) is 22.7 Å². The molecule has 1 atom stereocenters. The normalized spacial score (nSPS) is 12.1. The minimum absolute atomic E-state index is 0.0952. The maximum atomic E-state index is 12.8. The van der Waals surface area contributed by atoms with Crippen molar-refractivity contribution >= 4 is 46.8 Å². The van der Waals surface area contributed by atoms with E-state index in [2.05, 4.69) is 15.1 Å². The molecule has 0 radical (unpaired) electrons. The molecule has 4 rings (SSSR count). The first-order valence-electron chi connectivity index (χ1n) is 13.9. The van der Waals surface area contributed by atoms with Crippen LogP contribution in [0.3, 0.4) is 0 Å². The minimum atomic E-state index is -1.20. The van der Waals surface area contributed by atoms with Crippen LogP contribution in [0.2, 0.25) is 0 Å². The van der Waals surface area contributed by atoms with Gasteiger partial charge in [-0.15, -0.1) is 10.2 Å². The number of carbonyl (C=O) groups is 2. The lowest BCUT2D eigenvalue weighted by molar-refractivity contribution is -0.991. The first-order valence-corrected chi connectivity index (χ1v) is 13.9. The molecule has 0 aliphatic carbocycles. The largest absolute Gasteiger partial charge is 0.595 e. The molecule has 0 aliphatic rings. The van der Waals surface area contributed by atoms with E-state index in [0.717, 1.165) is 29.9 Å². The van der Waals surface area contributed by atoms with Crippen LogP contribution in [0.5, 0.6) is 11.5 Å². The van der Waals surface area contributed by atoms with Crippen molar-refractivity contribution in [1.29, 1.82) is 0 Å². The second-order valence-electron chi connectivity index (χ2n) is 9.34. The van der Waals surface area contributed by atoms with Crippen LogP contribution in [-0.4, -0.2) is 30.2 Å². The van der Waals surface area contributed by atoms with E-state index >= 15 is 0 Å². The Morgan fingerprint density at radius 3 is 1.70 bits per heavy atom. The predicted molar refractivity (Wildman–Crippen MR) is 169 cm³/mol. The molecule has 4 aromatic carbocycles. The molecule has 0 spiro atoms. The lowest BCUT2D eigenvalue weighted by Gasteiger charge is -2.21. The summed E-state index contributed by atoms with van der Waals surface area (Å²) in [6.45, 7) is 5.51. The van der Waals surface area contributed by atoms with E-state index in [1.165, 1.54) is 30.4 Å². The van der Waals surface area contributed by atoms with Crippen molar-refractivity contribution in [3.63, 3.8) is 0 Å². The average molecular weight is 593 g/mol. The lowest BCUT2D eigenvalue weighted by Crippen LogP contribution is -2.99. The van der Waals surface area contributed by atoms with E-state index in [1.54, 1.807) is 24.3 Å². The molecule has 0 fully saturated rings. The van der Waals surface area contributed by atoms with Crippen molar-refractivity contribution in [3.8, 4) is 11.5 Å². The molecule has 0 saturated heterocycles. The van der Waals surface area contributed by atoms with Crippen LogP contribution in [0.25, 0.3) is 12.2 Å². The molecule has 0 aromatic heterocycles. The van der Waals surface area contributed by atoms with E-state index < -0.39 is 17.2 Å². The number of anilines is 1. The summed E-state index contributed by atoms with van der Waals surface area (Å²) < 4.78 is 11.1. The van der Waals surface area contributed by atoms with Gasteiger partial charge in [0.05, 0.1) is 0 Å². The van der Waals surface area contributed by atoms with Gasteiger partial charge in [0.15, 0.2) is 17.2 Å². The zero-order chi connectivity index (χ0) is 31.3. The SMILES string of the molecule is CCN(CC)c1ccc(N=Nc2ccc([NH+]([O-])O)cc2OC(=O)/C=C/c2ccccc2)c(OC(=O)/C=C/c2ccccc2)c1. The van der Waals surface area contributed by atoms with E-state index in [-0.39, 0.29) is 28.6 Å². The Hall–Kier alpha value is -5.42. The van der Waals surface area contributed by atoms with Crippen molar-refractivity contribution in [3.05, 3.63) is 126 Å². The average Bonchev–Trinajstić information content (AvgIpc) is 3.04. The van der Waals surface area contributed by atoms with Crippen LogP contribution >= 0.6 is 0 Å². The van der Waals surface area contributed by atoms with E-state index in [9.17, 15) is 20.0 Å². The van der Waals surface area contributed by atoms with Gasteiger partial charge in [-0.3, -0.25) is 0 Å². The third-order valence-corrected chi connectivity index (χ3v) is 6.39. The molecule has 0 bridgehead atoms. The number of quaternary nitrogens is 1. The van der Waals surface area contributed by atoms with Gasteiger partial charge in [0.25, 0.3) is 0 Å². The number of rotatable bonds is 12. The highest BCUT2D eigenvalue weighted by Crippen LogP contribution is 2.36. The molecule has 0 amide bonds. The van der Waals surface area contributed by atoms with Crippen LogP contribution in [-0.2, 0) is 9.59 Å². The number of hydrogen-bond acceptors (Lipinski definition) is 9. The van der Waals surface area contributed by atoms with E-state index in [4.69, 9.17) is 9.47 Å². The highest BCUT2D eigenvalue weighted by Gasteiger charge is 2.15. The molecule has 2 N–H and O–H groups in total. The van der Waals surface area contributed by atoms with Gasteiger partial charge in [0, 0.05) is 49.1 Å². The fraction of sp³-hybridized carbons (Fsp3) is 0.118. The molecule has 0 saturated carbocycles. The number of esters is 2. The molecule has 224 valence electrons. The van der Waals surface area contributed by atoms with E-state index in [0.29, 0.717) is 0 Å². The van der Waals surface area contributed by atoms with Gasteiger partial charge >= 0.3 is 11.9 Å². The van der Waals surface area contributed by atoms with Gasteiger partial charge in [-0.2, -0.15) is 5.23 Å². The van der Waals surface area contributed by atoms with Gasteiger partial charge < -0.3 is 19.6 Å². The number of azo groups is 1. The summed E-state index contributed by atoms with van der Waals surface area (Å²) in [4.78, 5) is 27.4. The van der Waals surface area contributed by atoms with Gasteiger partial charge in [-0.05, 0) is 55.3 Å². The summed E-state index contributed by atoms with van der Waals surface area (Å²) in [6, 6.07) is 27.6. The molecular weight excluding hydrogens is 560 g/mol. The lowest BCUT2D eigenvalue weighted by atomic mass is 10.2. The highest BCUT2D eigenvalue weighted by atomic mass is 16.8. The highest BCUT2D eigenvalue weighted by molar-refractivity contribution is 5.90. The summed E-state index contributed by atoms with van der Waals surface area (Å²) in [5, 5.41) is 28.4. The Labute approximate surface area is 255 Å². The van der Waals surface area contributed by atoms with Crippen LogP contribution in [0.1, 0.15) is 25.0 Å². The molecule has 0 aliphatic heterocycles. The van der Waals surface area contributed by atoms with Crippen LogP contribution in [0, 0.1) is 5.21 Å². The van der Waals surface area contributed by atoms with Gasteiger partial charge in [0.1, 0.15) is 11.4 Å². The summed E-state index contributed by atoms with van der Waals surface area (Å²) in [7, 11) is 0. The smallest absolute Gasteiger partial charge is 0.336 e. The Bertz CT molecular complexity index is 1650. The molecule has 10 nitrogen and oxygen atoms in total. The molecule has 10 heteroatoms. The Balaban J connectivity index is 1.63. The second-order valence-corrected chi connectivity index (χ2v) is 9.34. The zero-order valence-electron chi connectivity index (χ0n) is 24.3. The van der Waals surface area contributed by atoms with Crippen LogP contribution < -0.4 is 19.6 Å². The van der Waals surface area contributed by atoms with Gasteiger partial charge in [-0.1, -0.05) is 60.7 Å². The summed E-state index contributed by atoms with van der Waals surface area (Å²) in [5.41, 5.74) is 2.71. The fourth-order valence-corrected chi connectivity index (χ4v) is 4.11. The predicted octanol–water partition coefficient (Wildman–Crippen LogP) is 6.59. The number of benzene rings is 4. The van der Waals surface area contributed by atoms with Crippen molar-refractivity contribution < 1.29 is 29.5 Å². The van der Waals surface area contributed by atoms with Gasteiger partial charge in [-0.25, -0.2) is 14.8 Å². The van der Waals surface area contributed by atoms with Crippen LogP contribution in [0.15, 0.2) is 119 Å². The monoisotopic (exact) mass is 592 g/mol. The molecule has 1 unspecified atom stereocenters. The number of nitrogens with zero attached hydrogens (tertiary/aromatic N) is 3. The number of ether oxygens (including phenoxy) is 2. The molecule has 44 heavy (non-hydrogen) atoms. The number of carbonyl (C=O) groups excluding carboxylic acids is 2. The number of nitrogens with one attached hydrogen (secondary N) is 1. The summed E-state index contributed by atoms with van der Waals surface area (Å²) >= 11 is 0. The van der Waals surface area contributed by atoms with Crippen molar-refractivity contribution in [2.75, 3.05) is 18.0 Å². The second kappa shape index (κ2) is 15.7. The molecular formula is C34H32N4O6. The minimum Gasteiger partial charge on any atom is -0.595 e. The first kappa shape index (κ1) is 31.5. The quantitative estimate of drug-likeness (QED) is 0.0624. The molecule has 0 heterocycles. The van der Waals surface area contributed by atoms with Crippen molar-refractivity contribution in [2.45, 2.75) is 13.8 Å². The summed E-state index contributed by atoms with van der Waals surface area (Å²) in [5.74, 6) is -1.25. The third kappa shape index (κ3) is 9.04. The first-order chi connectivity index (χ1) is 21.4. The Morgan fingerprint density at radius 1 is 0.750 bits per heavy atom. The zero-order valence-corrected chi connectivity index (χ0v) is 24.3. The molecule has 4 aromatic rings. The van der Waals surface area contributed by atoms with Crippen molar-refractivity contribution in [2.24, 2.45) is 10.2 Å². The van der Waals surface area contributed by atoms with Crippen molar-refractivity contribution in [1.82, 2.24) is 0 Å². The summed E-state index contributed by atoms with van der Waals surface area (Å²) in [6.07, 6.45) is 5.78. The maximum absolute atomic E-state index is 12.8. The number of hydrogen-bond donors (Lipinski definition) is 2. The third-order valence-electron chi connectivity index (χ3n) is 6.39. The standard InChI is InChI=1S/C34H32N4O6/c1-3-37(4-2)27-17-19-29(31(23-27)43-33(39)21-15-25-11-7-5-8-12-25)35-36-30-20-18-28(38(41)42)24-32(30)44-34(40)22-16-26-13-9-6-10-14-26/h5-24,38,41H,3-4H2,1-2H3/b21-15+,22-16+,36-35?. The van der Waals surface area contributed by atoms with E-state index in [1.807, 2.05) is 80.6 Å². The fourth-order valence-electron chi connectivity index (χ4n) is 4.11. The topological polar surface area (TPSA) is 128 Å². The Kier molecular flexibility index (Phi) is 11.3.